The summed E-state index contributed by atoms with van der Waals surface area (Å²) in [6, 6.07) is 0. The molecule has 1 atom stereocenters. The molecule has 0 N–H and O–H groups in total. The van der Waals surface area contributed by atoms with E-state index < -0.39 is 10.0 Å². The lowest BCUT2D eigenvalue weighted by atomic mass is 9.95. The first-order valence-electron chi connectivity index (χ1n) is 6.03. The van der Waals surface area contributed by atoms with Gasteiger partial charge in [-0.1, -0.05) is 0 Å². The molecule has 1 unspecified atom stereocenters. The number of sulfonamides is 1. The van der Waals surface area contributed by atoms with Crippen LogP contribution in [0.1, 0.15) is 19.8 Å². The summed E-state index contributed by atoms with van der Waals surface area (Å²) in [7, 11) is -1.67. The molecule has 1 fully saturated rings. The second-order valence-electron chi connectivity index (χ2n) is 4.80. The van der Waals surface area contributed by atoms with Gasteiger partial charge in [-0.2, -0.15) is 4.31 Å². The second kappa shape index (κ2) is 5.19. The van der Waals surface area contributed by atoms with E-state index in [1.807, 2.05) is 6.92 Å². The van der Waals surface area contributed by atoms with Crippen LogP contribution in [0.25, 0.3) is 0 Å². The Kier molecular flexibility index (Phi) is 3.99. The molecule has 0 saturated carbocycles. The van der Waals surface area contributed by atoms with Gasteiger partial charge in [0.25, 0.3) is 10.0 Å². The number of rotatable bonds is 3. The van der Waals surface area contributed by atoms with Gasteiger partial charge in [0.05, 0.1) is 6.33 Å². The van der Waals surface area contributed by atoms with Gasteiger partial charge < -0.3 is 4.57 Å². The minimum absolute atomic E-state index is 0.102. The van der Waals surface area contributed by atoms with Gasteiger partial charge >= 0.3 is 0 Å². The fourth-order valence-corrected chi connectivity index (χ4v) is 3.92. The van der Waals surface area contributed by atoms with Crippen molar-refractivity contribution in [2.24, 2.45) is 13.0 Å². The van der Waals surface area contributed by atoms with Crippen LogP contribution >= 0.6 is 11.6 Å². The number of nitrogens with zero attached hydrogens (tertiary/aromatic N) is 3. The van der Waals surface area contributed by atoms with E-state index in [1.54, 1.807) is 11.6 Å². The van der Waals surface area contributed by atoms with E-state index in [4.69, 9.17) is 11.6 Å². The second-order valence-corrected chi connectivity index (χ2v) is 7.37. The van der Waals surface area contributed by atoms with Crippen LogP contribution < -0.4 is 0 Å². The van der Waals surface area contributed by atoms with Gasteiger partial charge in [0.15, 0.2) is 5.03 Å². The lowest BCUT2D eigenvalue weighted by Crippen LogP contribution is -2.40. The Morgan fingerprint density at radius 2 is 2.06 bits per heavy atom. The largest absolute Gasteiger partial charge is 0.339 e. The molecule has 0 bridgehead atoms. The van der Waals surface area contributed by atoms with Crippen LogP contribution in [0.2, 0.25) is 0 Å². The Morgan fingerprint density at radius 1 is 1.44 bits per heavy atom. The lowest BCUT2D eigenvalue weighted by molar-refractivity contribution is 0.271. The molecule has 1 aliphatic heterocycles. The number of hydrogen-bond acceptors (Lipinski definition) is 3. The van der Waals surface area contributed by atoms with Gasteiger partial charge in [-0.3, -0.25) is 0 Å². The quantitative estimate of drug-likeness (QED) is 0.792. The van der Waals surface area contributed by atoms with Crippen molar-refractivity contribution in [2.75, 3.05) is 13.1 Å². The third-order valence-corrected chi connectivity index (χ3v) is 5.57. The summed E-state index contributed by atoms with van der Waals surface area (Å²) in [5.41, 5.74) is 0. The normalized spacial score (nSPS) is 21.1. The summed E-state index contributed by atoms with van der Waals surface area (Å²) in [5.74, 6) is 0.404. The molecule has 1 aromatic rings. The summed E-state index contributed by atoms with van der Waals surface area (Å²) in [4.78, 5) is 3.92. The van der Waals surface area contributed by atoms with Crippen molar-refractivity contribution in [3.63, 3.8) is 0 Å². The lowest BCUT2D eigenvalue weighted by Gasteiger charge is -2.31. The Balaban J connectivity index is 2.09. The molecule has 7 heteroatoms. The summed E-state index contributed by atoms with van der Waals surface area (Å²) in [6.45, 7) is 3.02. The first kappa shape index (κ1) is 13.8. The van der Waals surface area contributed by atoms with Crippen LogP contribution in [0.5, 0.6) is 0 Å². The predicted octanol–water partition coefficient (Wildman–Crippen LogP) is 1.45. The van der Waals surface area contributed by atoms with Crippen molar-refractivity contribution in [1.82, 2.24) is 13.9 Å². The van der Waals surface area contributed by atoms with Crippen LogP contribution in [-0.2, 0) is 17.1 Å². The standard InChI is InChI=1S/C11H18ClN3O2S/c1-9(12)10-3-5-15(6-4-10)18(16,17)11-7-14(2)8-13-11/h7-10H,3-6H2,1-2H3. The zero-order valence-electron chi connectivity index (χ0n) is 10.6. The minimum atomic E-state index is -3.43. The van der Waals surface area contributed by atoms with Crippen LogP contribution in [0.3, 0.4) is 0 Å². The maximum atomic E-state index is 12.3. The highest BCUT2D eigenvalue weighted by molar-refractivity contribution is 7.89. The Labute approximate surface area is 113 Å². The summed E-state index contributed by atoms with van der Waals surface area (Å²) >= 11 is 6.06. The molecule has 0 amide bonds. The molecule has 18 heavy (non-hydrogen) atoms. The average molecular weight is 292 g/mol. The number of piperidine rings is 1. The number of halogens is 1. The number of imidazole rings is 1. The molecule has 0 aromatic carbocycles. The number of aromatic nitrogens is 2. The van der Waals surface area contributed by atoms with E-state index >= 15 is 0 Å². The molecule has 1 aliphatic rings. The highest BCUT2D eigenvalue weighted by atomic mass is 35.5. The first-order valence-corrected chi connectivity index (χ1v) is 7.91. The SMILES string of the molecule is CC(Cl)C1CCN(S(=O)(=O)c2cn(C)cn2)CC1. The monoisotopic (exact) mass is 291 g/mol. The van der Waals surface area contributed by atoms with Crippen molar-refractivity contribution in [1.29, 1.82) is 0 Å². The zero-order valence-corrected chi connectivity index (χ0v) is 12.2. The number of aryl methyl sites for hydroxylation is 1. The van der Waals surface area contributed by atoms with Gasteiger partial charge in [-0.05, 0) is 25.7 Å². The molecule has 0 radical (unpaired) electrons. The summed E-state index contributed by atoms with van der Waals surface area (Å²) < 4.78 is 27.7. The minimum Gasteiger partial charge on any atom is -0.339 e. The van der Waals surface area contributed by atoms with Crippen molar-refractivity contribution in [3.05, 3.63) is 12.5 Å². The van der Waals surface area contributed by atoms with Crippen molar-refractivity contribution in [2.45, 2.75) is 30.2 Å². The molecule has 5 nitrogen and oxygen atoms in total. The molecule has 2 rings (SSSR count). The van der Waals surface area contributed by atoms with Crippen LogP contribution in [0.15, 0.2) is 17.6 Å². The van der Waals surface area contributed by atoms with Crippen molar-refractivity contribution >= 4 is 21.6 Å². The van der Waals surface area contributed by atoms with Crippen molar-refractivity contribution < 1.29 is 8.42 Å². The van der Waals surface area contributed by atoms with Crippen LogP contribution in [0.4, 0.5) is 0 Å². The molecule has 2 heterocycles. The van der Waals surface area contributed by atoms with Gasteiger partial charge in [0.1, 0.15) is 0 Å². The van der Waals surface area contributed by atoms with E-state index in [0.29, 0.717) is 19.0 Å². The highest BCUT2D eigenvalue weighted by Crippen LogP contribution is 2.27. The molecular formula is C11H18ClN3O2S. The Morgan fingerprint density at radius 3 is 2.50 bits per heavy atom. The third kappa shape index (κ3) is 2.70. The maximum absolute atomic E-state index is 12.3. The smallest absolute Gasteiger partial charge is 0.262 e. The zero-order chi connectivity index (χ0) is 13.3. The molecule has 0 aliphatic carbocycles. The topological polar surface area (TPSA) is 55.2 Å². The van der Waals surface area contributed by atoms with Gasteiger partial charge in [-0.15, -0.1) is 11.6 Å². The van der Waals surface area contributed by atoms with E-state index in [2.05, 4.69) is 4.98 Å². The first-order chi connectivity index (χ1) is 8.41. The van der Waals surface area contributed by atoms with E-state index in [9.17, 15) is 8.42 Å². The molecule has 0 spiro atoms. The molecule has 1 saturated heterocycles. The Hall–Kier alpha value is -0.590. The molecule has 1 aromatic heterocycles. The predicted molar refractivity (Wildman–Crippen MR) is 70.0 cm³/mol. The molecule has 102 valence electrons. The Bertz CT molecular complexity index is 504. The van der Waals surface area contributed by atoms with Crippen LogP contribution in [0, 0.1) is 5.92 Å². The summed E-state index contributed by atoms with van der Waals surface area (Å²) in [5, 5.41) is 0.229. The van der Waals surface area contributed by atoms with Crippen LogP contribution in [-0.4, -0.2) is 40.7 Å². The van der Waals surface area contributed by atoms with Gasteiger partial charge in [0, 0.05) is 31.7 Å². The highest BCUT2D eigenvalue weighted by Gasteiger charge is 2.31. The van der Waals surface area contributed by atoms with E-state index in [1.165, 1.54) is 16.8 Å². The summed E-state index contributed by atoms with van der Waals surface area (Å²) in [6.07, 6.45) is 4.67. The third-order valence-electron chi connectivity index (χ3n) is 3.43. The number of hydrogen-bond donors (Lipinski definition) is 0. The van der Waals surface area contributed by atoms with Gasteiger partial charge in [-0.25, -0.2) is 13.4 Å². The van der Waals surface area contributed by atoms with Crippen molar-refractivity contribution in [3.8, 4) is 0 Å². The fraction of sp³-hybridized carbons (Fsp3) is 0.727. The average Bonchev–Trinajstić information content (AvgIpc) is 2.76. The maximum Gasteiger partial charge on any atom is 0.262 e. The van der Waals surface area contributed by atoms with E-state index in [-0.39, 0.29) is 10.4 Å². The van der Waals surface area contributed by atoms with E-state index in [0.717, 1.165) is 12.8 Å². The van der Waals surface area contributed by atoms with Gasteiger partial charge in [0.2, 0.25) is 0 Å². The molecular weight excluding hydrogens is 274 g/mol. The number of alkyl halides is 1. The fourth-order valence-electron chi connectivity index (χ4n) is 2.23.